The number of nitrogens with one attached hydrogen (secondary N) is 1. The lowest BCUT2D eigenvalue weighted by molar-refractivity contribution is 0.323. The van der Waals surface area contributed by atoms with Gasteiger partial charge in [-0.2, -0.15) is 0 Å². The van der Waals surface area contributed by atoms with Gasteiger partial charge in [0.1, 0.15) is 6.61 Å². The van der Waals surface area contributed by atoms with Crippen molar-refractivity contribution in [2.45, 2.75) is 19.9 Å². The molecular weight excluding hydrogens is 285 g/mol. The Balaban J connectivity index is 2.84. The first-order chi connectivity index (χ1) is 9.12. The molecule has 1 aromatic rings. The molecule has 0 aliphatic rings. The molecule has 1 N–H and O–H groups in total. The van der Waals surface area contributed by atoms with Gasteiger partial charge in [0, 0.05) is 11.6 Å². The van der Waals surface area contributed by atoms with Gasteiger partial charge in [-0.3, -0.25) is 0 Å². The van der Waals surface area contributed by atoms with Crippen molar-refractivity contribution < 1.29 is 9.47 Å². The lowest BCUT2D eigenvalue weighted by Gasteiger charge is -2.16. The zero-order valence-electron chi connectivity index (χ0n) is 11.4. The van der Waals surface area contributed by atoms with Gasteiger partial charge >= 0.3 is 0 Å². The number of methoxy groups -OCH3 is 1. The van der Waals surface area contributed by atoms with Crippen molar-refractivity contribution in [1.82, 2.24) is 5.32 Å². The fourth-order valence-corrected chi connectivity index (χ4v) is 1.79. The molecule has 0 saturated carbocycles. The zero-order valence-corrected chi connectivity index (χ0v) is 12.9. The monoisotopic (exact) mass is 303 g/mol. The molecule has 1 rings (SSSR count). The first kappa shape index (κ1) is 16.2. The summed E-state index contributed by atoms with van der Waals surface area (Å²) >= 11 is 11.3. The minimum atomic E-state index is 0.226. The van der Waals surface area contributed by atoms with Crippen LogP contribution in [-0.4, -0.2) is 20.3 Å². The van der Waals surface area contributed by atoms with Crippen LogP contribution in [0.4, 0.5) is 0 Å². The molecule has 0 aliphatic carbocycles. The molecule has 0 bridgehead atoms. The molecule has 3 nitrogen and oxygen atoms in total. The van der Waals surface area contributed by atoms with Crippen LogP contribution in [-0.2, 0) is 0 Å². The van der Waals surface area contributed by atoms with Crippen LogP contribution in [0.25, 0.3) is 0 Å². The number of hydrogen-bond donors (Lipinski definition) is 1. The molecule has 0 spiro atoms. The van der Waals surface area contributed by atoms with Crippen molar-refractivity contribution in [3.05, 3.63) is 34.3 Å². The molecule has 0 fully saturated rings. The van der Waals surface area contributed by atoms with Gasteiger partial charge in [-0.25, -0.2) is 0 Å². The molecule has 106 valence electrons. The fraction of sp³-hybridized carbons (Fsp3) is 0.429. The van der Waals surface area contributed by atoms with Crippen molar-refractivity contribution >= 4 is 23.2 Å². The second-order valence-corrected chi connectivity index (χ2v) is 4.74. The van der Waals surface area contributed by atoms with Crippen LogP contribution in [0.1, 0.15) is 25.5 Å². The standard InChI is InChI=1S/C14H19Cl2NO2/c1-4-17-10(2)11-5-6-13(14(7-11)18-3)19-9-12(16)8-15/h5-8,10,17H,4,9H2,1-3H3. The van der Waals surface area contributed by atoms with Crippen LogP contribution >= 0.6 is 23.2 Å². The maximum Gasteiger partial charge on any atom is 0.161 e. The second-order valence-electron chi connectivity index (χ2n) is 4.03. The summed E-state index contributed by atoms with van der Waals surface area (Å²) < 4.78 is 10.9. The van der Waals surface area contributed by atoms with E-state index in [2.05, 4.69) is 19.2 Å². The average molecular weight is 304 g/mol. The fourth-order valence-electron chi connectivity index (χ4n) is 1.67. The first-order valence-electron chi connectivity index (χ1n) is 6.11. The van der Waals surface area contributed by atoms with E-state index in [0.29, 0.717) is 16.5 Å². The summed E-state index contributed by atoms with van der Waals surface area (Å²) in [7, 11) is 1.61. The van der Waals surface area contributed by atoms with E-state index in [4.69, 9.17) is 32.7 Å². The van der Waals surface area contributed by atoms with Crippen LogP contribution in [0, 0.1) is 0 Å². The summed E-state index contributed by atoms with van der Waals surface area (Å²) in [5.74, 6) is 1.33. The Bertz CT molecular complexity index is 435. The minimum absolute atomic E-state index is 0.226. The van der Waals surface area contributed by atoms with Crippen LogP contribution in [0.15, 0.2) is 28.8 Å². The summed E-state index contributed by atoms with van der Waals surface area (Å²) in [6.07, 6.45) is 0. The van der Waals surface area contributed by atoms with E-state index in [1.54, 1.807) is 7.11 Å². The molecule has 1 unspecified atom stereocenters. The predicted molar refractivity (Wildman–Crippen MR) is 80.4 cm³/mol. The SMILES string of the molecule is CCNC(C)c1ccc(OCC(Cl)=CCl)c(OC)c1. The van der Waals surface area contributed by atoms with Crippen molar-refractivity contribution in [2.24, 2.45) is 0 Å². The van der Waals surface area contributed by atoms with Crippen molar-refractivity contribution in [2.75, 3.05) is 20.3 Å². The van der Waals surface area contributed by atoms with Gasteiger partial charge in [-0.1, -0.05) is 36.2 Å². The first-order valence-corrected chi connectivity index (χ1v) is 6.92. The molecule has 1 atom stereocenters. The largest absolute Gasteiger partial charge is 0.493 e. The quantitative estimate of drug-likeness (QED) is 0.824. The highest BCUT2D eigenvalue weighted by Crippen LogP contribution is 2.30. The number of halogens is 2. The third-order valence-electron chi connectivity index (χ3n) is 2.68. The Kier molecular flexibility index (Phi) is 7.06. The molecule has 0 saturated heterocycles. The van der Waals surface area contributed by atoms with E-state index >= 15 is 0 Å². The molecule has 0 aromatic heterocycles. The average Bonchev–Trinajstić information content (AvgIpc) is 2.44. The van der Waals surface area contributed by atoms with Crippen molar-refractivity contribution in [3.63, 3.8) is 0 Å². The Morgan fingerprint density at radius 1 is 1.42 bits per heavy atom. The number of rotatable bonds is 7. The van der Waals surface area contributed by atoms with E-state index in [1.807, 2.05) is 18.2 Å². The highest BCUT2D eigenvalue weighted by atomic mass is 35.5. The maximum absolute atomic E-state index is 5.79. The van der Waals surface area contributed by atoms with Gasteiger partial charge in [-0.05, 0) is 31.2 Å². The molecule has 19 heavy (non-hydrogen) atoms. The van der Waals surface area contributed by atoms with Crippen molar-refractivity contribution in [1.29, 1.82) is 0 Å². The lowest BCUT2D eigenvalue weighted by Crippen LogP contribution is -2.17. The second kappa shape index (κ2) is 8.31. The molecule has 1 aromatic carbocycles. The topological polar surface area (TPSA) is 30.5 Å². The Morgan fingerprint density at radius 2 is 2.16 bits per heavy atom. The Labute approximate surface area is 124 Å². The van der Waals surface area contributed by atoms with Gasteiger partial charge in [0.05, 0.1) is 12.1 Å². The number of ether oxygens (including phenoxy) is 2. The summed E-state index contributed by atoms with van der Waals surface area (Å²) in [4.78, 5) is 0. The van der Waals surface area contributed by atoms with Gasteiger partial charge in [0.2, 0.25) is 0 Å². The molecule has 0 heterocycles. The number of hydrogen-bond acceptors (Lipinski definition) is 3. The zero-order chi connectivity index (χ0) is 14.3. The van der Waals surface area contributed by atoms with E-state index in [9.17, 15) is 0 Å². The van der Waals surface area contributed by atoms with Gasteiger partial charge in [0.15, 0.2) is 11.5 Å². The Morgan fingerprint density at radius 3 is 2.74 bits per heavy atom. The lowest BCUT2D eigenvalue weighted by atomic mass is 10.1. The number of benzene rings is 1. The summed E-state index contributed by atoms with van der Waals surface area (Å²) in [6.45, 7) is 5.32. The summed E-state index contributed by atoms with van der Waals surface area (Å²) in [5, 5.41) is 3.79. The predicted octanol–water partition coefficient (Wildman–Crippen LogP) is 4.06. The van der Waals surface area contributed by atoms with E-state index in [0.717, 1.165) is 12.1 Å². The van der Waals surface area contributed by atoms with E-state index in [-0.39, 0.29) is 12.6 Å². The minimum Gasteiger partial charge on any atom is -0.493 e. The van der Waals surface area contributed by atoms with E-state index < -0.39 is 0 Å². The maximum atomic E-state index is 5.79. The third-order valence-corrected chi connectivity index (χ3v) is 3.28. The normalized spacial score (nSPS) is 13.2. The van der Waals surface area contributed by atoms with Crippen LogP contribution in [0.5, 0.6) is 11.5 Å². The summed E-state index contributed by atoms with van der Waals surface area (Å²) in [6, 6.07) is 6.10. The Hall–Kier alpha value is -0.900. The van der Waals surface area contributed by atoms with Gasteiger partial charge in [-0.15, -0.1) is 0 Å². The highest BCUT2D eigenvalue weighted by molar-refractivity contribution is 6.36. The molecule has 0 aliphatic heterocycles. The molecule has 5 heteroatoms. The molecule has 0 radical (unpaired) electrons. The van der Waals surface area contributed by atoms with Crippen LogP contribution < -0.4 is 14.8 Å². The van der Waals surface area contributed by atoms with Gasteiger partial charge < -0.3 is 14.8 Å². The third kappa shape index (κ3) is 4.94. The smallest absolute Gasteiger partial charge is 0.161 e. The van der Waals surface area contributed by atoms with E-state index in [1.165, 1.54) is 5.54 Å². The summed E-state index contributed by atoms with van der Waals surface area (Å²) in [5.41, 5.74) is 2.43. The highest BCUT2D eigenvalue weighted by Gasteiger charge is 2.10. The van der Waals surface area contributed by atoms with Crippen molar-refractivity contribution in [3.8, 4) is 11.5 Å². The van der Waals surface area contributed by atoms with Gasteiger partial charge in [0.25, 0.3) is 0 Å². The molecule has 0 amide bonds. The van der Waals surface area contributed by atoms with Crippen LogP contribution in [0.2, 0.25) is 0 Å². The molecular formula is C14H19Cl2NO2. The van der Waals surface area contributed by atoms with Crippen LogP contribution in [0.3, 0.4) is 0 Å².